The number of nitrogens with zero attached hydrogens (tertiary/aromatic N) is 1. The lowest BCUT2D eigenvalue weighted by atomic mass is 9.80. The Balaban J connectivity index is 1.78. The molecule has 1 aliphatic heterocycles. The molecule has 0 spiro atoms. The van der Waals surface area contributed by atoms with Crippen molar-refractivity contribution < 1.29 is 9.53 Å². The summed E-state index contributed by atoms with van der Waals surface area (Å²) >= 11 is 6.54. The molecular weight excluding hydrogens is 410 g/mol. The Labute approximate surface area is 187 Å². The minimum absolute atomic E-state index is 0.0312. The number of nitrogens with one attached hydrogen (secondary N) is 2. The molecule has 1 aromatic heterocycles. The highest BCUT2D eigenvalue weighted by molar-refractivity contribution is 6.32. The van der Waals surface area contributed by atoms with Crippen molar-refractivity contribution in [2.45, 2.75) is 50.8 Å². The molecule has 0 radical (unpaired) electrons. The monoisotopic (exact) mass is 437 g/mol. The molecule has 0 saturated heterocycles. The highest BCUT2D eigenvalue weighted by Gasteiger charge is 2.48. The van der Waals surface area contributed by atoms with Gasteiger partial charge in [0.1, 0.15) is 0 Å². The fourth-order valence-electron chi connectivity index (χ4n) is 4.43. The van der Waals surface area contributed by atoms with E-state index < -0.39 is 11.6 Å². The van der Waals surface area contributed by atoms with Crippen LogP contribution in [0.25, 0.3) is 10.9 Å². The Hall–Kier alpha value is -2.63. The van der Waals surface area contributed by atoms with Gasteiger partial charge in [0.2, 0.25) is 11.7 Å². The van der Waals surface area contributed by atoms with Gasteiger partial charge in [-0.1, -0.05) is 61.8 Å². The summed E-state index contributed by atoms with van der Waals surface area (Å²) in [6, 6.07) is 15.5. The number of rotatable bonds is 7. The topological polar surface area (TPSA) is 66.5 Å². The third-order valence-electron chi connectivity index (χ3n) is 6.21. The average molecular weight is 438 g/mol. The zero-order chi connectivity index (χ0) is 22.0. The predicted molar refractivity (Wildman–Crippen MR) is 126 cm³/mol. The van der Waals surface area contributed by atoms with Crippen molar-refractivity contribution >= 4 is 34.2 Å². The van der Waals surface area contributed by atoms with Crippen LogP contribution in [0.15, 0.2) is 59.7 Å². The second-order valence-corrected chi connectivity index (χ2v) is 8.33. The third kappa shape index (κ3) is 3.77. The number of ketones is 1. The molecule has 31 heavy (non-hydrogen) atoms. The van der Waals surface area contributed by atoms with Crippen molar-refractivity contribution in [3.05, 3.63) is 70.9 Å². The van der Waals surface area contributed by atoms with Gasteiger partial charge >= 0.3 is 0 Å². The van der Waals surface area contributed by atoms with E-state index in [1.54, 1.807) is 0 Å². The Morgan fingerprint density at radius 3 is 2.65 bits per heavy atom. The van der Waals surface area contributed by atoms with Gasteiger partial charge in [0.15, 0.2) is 11.6 Å². The number of hydrogen-bond donors (Lipinski definition) is 2. The van der Waals surface area contributed by atoms with E-state index in [4.69, 9.17) is 21.3 Å². The summed E-state index contributed by atoms with van der Waals surface area (Å²) < 4.78 is 6.16. The highest BCUT2D eigenvalue weighted by atomic mass is 35.5. The number of halogens is 1. The van der Waals surface area contributed by atoms with Crippen LogP contribution in [0.1, 0.15) is 37.8 Å². The Bertz CT molecular complexity index is 1120. The van der Waals surface area contributed by atoms with Gasteiger partial charge in [-0.15, -0.1) is 0 Å². The van der Waals surface area contributed by atoms with Gasteiger partial charge in [-0.2, -0.15) is 0 Å². The standard InChI is InChI=1S/C25H28ClN3O2/c1-4-22-23(30)25(5-2,18-11-7-8-12-19(18)26)29-24(31-22)21(27-3)14-16-15-28-20-13-9-6-10-17(16)20/h6-13,15,21-22,27-28H,4-5,14H2,1-3H3. The molecular formula is C25H28ClN3O2. The summed E-state index contributed by atoms with van der Waals surface area (Å²) in [5, 5.41) is 5.08. The number of para-hydroxylation sites is 1. The summed E-state index contributed by atoms with van der Waals surface area (Å²) in [6.07, 6.45) is 3.26. The maximum atomic E-state index is 13.5. The first-order valence-electron chi connectivity index (χ1n) is 10.8. The second kappa shape index (κ2) is 8.85. The van der Waals surface area contributed by atoms with E-state index >= 15 is 0 Å². The molecule has 3 unspecified atom stereocenters. The minimum Gasteiger partial charge on any atom is -0.468 e. The molecule has 0 aliphatic carbocycles. The van der Waals surface area contributed by atoms with E-state index in [0.29, 0.717) is 30.2 Å². The van der Waals surface area contributed by atoms with E-state index in [1.807, 2.05) is 63.5 Å². The van der Waals surface area contributed by atoms with Crippen LogP contribution in [0.5, 0.6) is 0 Å². The fourth-order valence-corrected chi connectivity index (χ4v) is 4.72. The first kappa shape index (κ1) is 21.6. The Morgan fingerprint density at radius 2 is 1.94 bits per heavy atom. The molecule has 4 rings (SSSR count). The first-order valence-corrected chi connectivity index (χ1v) is 11.2. The zero-order valence-electron chi connectivity index (χ0n) is 18.1. The number of Topliss-reactive ketones (excluding diaryl/α,β-unsaturated/α-hetero) is 1. The number of aromatic nitrogens is 1. The molecule has 0 saturated carbocycles. The molecule has 1 aliphatic rings. The van der Waals surface area contributed by atoms with E-state index in [2.05, 4.69) is 22.4 Å². The van der Waals surface area contributed by atoms with Crippen LogP contribution < -0.4 is 5.32 Å². The van der Waals surface area contributed by atoms with Crippen LogP contribution in [0.2, 0.25) is 5.02 Å². The van der Waals surface area contributed by atoms with Crippen molar-refractivity contribution in [1.82, 2.24) is 10.3 Å². The summed E-state index contributed by atoms with van der Waals surface area (Å²) in [6.45, 7) is 3.95. The SMILES string of the molecule is CCC1OC(C(Cc2c[nH]c3ccccc23)NC)=NC(CC)(c2ccccc2Cl)C1=O. The van der Waals surface area contributed by atoms with Crippen LogP contribution >= 0.6 is 11.6 Å². The van der Waals surface area contributed by atoms with Crippen LogP contribution in [-0.2, 0) is 21.5 Å². The van der Waals surface area contributed by atoms with E-state index in [9.17, 15) is 4.79 Å². The molecule has 5 nitrogen and oxygen atoms in total. The summed E-state index contributed by atoms with van der Waals surface area (Å²) in [5.74, 6) is 0.525. The average Bonchev–Trinajstić information content (AvgIpc) is 3.21. The molecule has 2 N–H and O–H groups in total. The van der Waals surface area contributed by atoms with Crippen LogP contribution in [0, 0.1) is 0 Å². The quantitative estimate of drug-likeness (QED) is 0.544. The molecule has 3 atom stereocenters. The number of benzene rings is 2. The second-order valence-electron chi connectivity index (χ2n) is 7.93. The number of ether oxygens (including phenoxy) is 1. The minimum atomic E-state index is -1.04. The molecule has 3 aromatic rings. The zero-order valence-corrected chi connectivity index (χ0v) is 18.9. The van der Waals surface area contributed by atoms with Crippen molar-refractivity contribution in [1.29, 1.82) is 0 Å². The van der Waals surface area contributed by atoms with Gasteiger partial charge in [-0.05, 0) is 44.0 Å². The smallest absolute Gasteiger partial charge is 0.205 e. The molecule has 162 valence electrons. The number of hydrogen-bond acceptors (Lipinski definition) is 4. The molecule has 6 heteroatoms. The van der Waals surface area contributed by atoms with E-state index in [1.165, 1.54) is 10.9 Å². The Morgan fingerprint density at radius 1 is 1.19 bits per heavy atom. The van der Waals surface area contributed by atoms with Crippen molar-refractivity contribution in [3.63, 3.8) is 0 Å². The predicted octanol–water partition coefficient (Wildman–Crippen LogP) is 5.03. The lowest BCUT2D eigenvalue weighted by Crippen LogP contribution is -2.52. The van der Waals surface area contributed by atoms with E-state index in [0.717, 1.165) is 11.1 Å². The highest BCUT2D eigenvalue weighted by Crippen LogP contribution is 2.40. The molecule has 0 fully saturated rings. The van der Waals surface area contributed by atoms with Gasteiger partial charge in [0.05, 0.1) is 6.04 Å². The summed E-state index contributed by atoms with van der Waals surface area (Å²) in [5.41, 5.74) is 1.97. The fraction of sp³-hybridized carbons (Fsp3) is 0.360. The maximum Gasteiger partial charge on any atom is 0.205 e. The number of likely N-dealkylation sites (N-methyl/N-ethyl adjacent to an activating group) is 1. The molecule has 2 heterocycles. The van der Waals surface area contributed by atoms with Gasteiger partial charge < -0.3 is 15.0 Å². The largest absolute Gasteiger partial charge is 0.468 e. The van der Waals surface area contributed by atoms with Crippen LogP contribution in [-0.4, -0.2) is 35.9 Å². The number of fused-ring (bicyclic) bond motifs is 1. The van der Waals surface area contributed by atoms with Crippen molar-refractivity contribution in [2.75, 3.05) is 7.05 Å². The number of carbonyl (C=O) groups excluding carboxylic acids is 1. The lowest BCUT2D eigenvalue weighted by molar-refractivity contribution is -0.134. The van der Waals surface area contributed by atoms with Gasteiger partial charge in [-0.3, -0.25) is 4.79 Å². The van der Waals surface area contributed by atoms with Gasteiger partial charge in [0.25, 0.3) is 0 Å². The normalized spacial score (nSPS) is 22.3. The van der Waals surface area contributed by atoms with Crippen LogP contribution in [0.4, 0.5) is 0 Å². The van der Waals surface area contributed by atoms with Crippen LogP contribution in [0.3, 0.4) is 0 Å². The summed E-state index contributed by atoms with van der Waals surface area (Å²) in [7, 11) is 1.89. The first-order chi connectivity index (χ1) is 15.0. The summed E-state index contributed by atoms with van der Waals surface area (Å²) in [4.78, 5) is 21.8. The number of aromatic amines is 1. The number of aliphatic imine (C=N–C) groups is 1. The van der Waals surface area contributed by atoms with Gasteiger partial charge in [0, 0.05) is 27.7 Å². The molecule has 0 amide bonds. The van der Waals surface area contributed by atoms with Crippen molar-refractivity contribution in [2.24, 2.45) is 4.99 Å². The number of H-pyrrole nitrogens is 1. The molecule has 2 aromatic carbocycles. The van der Waals surface area contributed by atoms with Gasteiger partial charge in [-0.25, -0.2) is 4.99 Å². The van der Waals surface area contributed by atoms with Crippen molar-refractivity contribution in [3.8, 4) is 0 Å². The third-order valence-corrected chi connectivity index (χ3v) is 6.54. The van der Waals surface area contributed by atoms with E-state index in [-0.39, 0.29) is 11.8 Å². The number of carbonyl (C=O) groups is 1. The molecule has 0 bridgehead atoms. The Kier molecular flexibility index (Phi) is 6.17. The lowest BCUT2D eigenvalue weighted by Gasteiger charge is -2.38. The maximum absolute atomic E-state index is 13.5.